The summed E-state index contributed by atoms with van der Waals surface area (Å²) in [7, 11) is 0. The van der Waals surface area contributed by atoms with Crippen LogP contribution in [0.25, 0.3) is 0 Å². The van der Waals surface area contributed by atoms with E-state index in [0.29, 0.717) is 31.2 Å². The van der Waals surface area contributed by atoms with Crippen molar-refractivity contribution in [1.29, 1.82) is 0 Å². The highest BCUT2D eigenvalue weighted by atomic mass is 16.2. The quantitative estimate of drug-likeness (QED) is 0.747. The molecule has 0 spiro atoms. The minimum atomic E-state index is -0.159. The van der Waals surface area contributed by atoms with Crippen LogP contribution < -0.4 is 5.32 Å². The van der Waals surface area contributed by atoms with Crippen molar-refractivity contribution in [2.45, 2.75) is 71.8 Å². The number of hydrogen-bond acceptors (Lipinski definition) is 3. The molecule has 0 atom stereocenters. The molecule has 2 aliphatic rings. The number of hydrogen-bond donors (Lipinski definition) is 1. The molecular formula is C21H32N4O2. The minimum Gasteiger partial charge on any atom is -0.349 e. The molecule has 0 aromatic carbocycles. The Hall–Kier alpha value is -2.11. The van der Waals surface area contributed by atoms with E-state index in [4.69, 9.17) is 0 Å². The van der Waals surface area contributed by atoms with Crippen molar-refractivity contribution < 1.29 is 9.59 Å². The number of nitrogens with one attached hydrogen (secondary N) is 1. The molecule has 1 aromatic heterocycles. The van der Waals surface area contributed by atoms with Crippen LogP contribution >= 0.6 is 0 Å². The fourth-order valence-electron chi connectivity index (χ4n) is 4.10. The lowest BCUT2D eigenvalue weighted by atomic mass is 9.97. The van der Waals surface area contributed by atoms with E-state index in [1.54, 1.807) is 4.90 Å². The van der Waals surface area contributed by atoms with Gasteiger partial charge in [-0.15, -0.1) is 0 Å². The molecule has 1 N–H and O–H groups in total. The first kappa shape index (κ1) is 19.6. The molecule has 2 heterocycles. The van der Waals surface area contributed by atoms with E-state index in [9.17, 15) is 9.59 Å². The number of rotatable bonds is 7. The number of nitrogens with zero attached hydrogens (tertiary/aromatic N) is 3. The van der Waals surface area contributed by atoms with Gasteiger partial charge in [-0.3, -0.25) is 9.59 Å². The van der Waals surface area contributed by atoms with E-state index in [1.165, 1.54) is 18.4 Å². The van der Waals surface area contributed by atoms with E-state index < -0.39 is 0 Å². The zero-order chi connectivity index (χ0) is 19.2. The van der Waals surface area contributed by atoms with Crippen LogP contribution in [0, 0.1) is 0 Å². The van der Waals surface area contributed by atoms with Gasteiger partial charge in [-0.05, 0) is 65.2 Å². The van der Waals surface area contributed by atoms with Gasteiger partial charge in [0.15, 0.2) is 5.82 Å². The largest absolute Gasteiger partial charge is 0.349 e. The van der Waals surface area contributed by atoms with Crippen LogP contribution in [0.4, 0.5) is 0 Å². The van der Waals surface area contributed by atoms with Crippen molar-refractivity contribution in [1.82, 2.24) is 19.8 Å². The number of carbonyl (C=O) groups is 2. The summed E-state index contributed by atoms with van der Waals surface area (Å²) in [6.07, 6.45) is 10.9. The third-order valence-corrected chi connectivity index (χ3v) is 5.69. The Morgan fingerprint density at radius 1 is 1.15 bits per heavy atom. The summed E-state index contributed by atoms with van der Waals surface area (Å²) in [4.78, 5) is 31.9. The average molecular weight is 373 g/mol. The second kappa shape index (κ2) is 9.20. The lowest BCUT2D eigenvalue weighted by Crippen LogP contribution is -2.31. The molecule has 27 heavy (non-hydrogen) atoms. The highest BCUT2D eigenvalue weighted by Crippen LogP contribution is 2.23. The topological polar surface area (TPSA) is 67.2 Å². The lowest BCUT2D eigenvalue weighted by Gasteiger charge is -2.20. The van der Waals surface area contributed by atoms with Gasteiger partial charge in [-0.1, -0.05) is 11.6 Å². The Labute approximate surface area is 162 Å². The third-order valence-electron chi connectivity index (χ3n) is 5.69. The lowest BCUT2D eigenvalue weighted by molar-refractivity contribution is 0.0766. The van der Waals surface area contributed by atoms with E-state index in [0.717, 1.165) is 50.8 Å². The summed E-state index contributed by atoms with van der Waals surface area (Å²) in [6, 6.07) is 0. The highest BCUT2D eigenvalue weighted by Gasteiger charge is 2.29. The van der Waals surface area contributed by atoms with Gasteiger partial charge in [0.2, 0.25) is 0 Å². The van der Waals surface area contributed by atoms with Crippen LogP contribution in [0.1, 0.15) is 85.6 Å². The Morgan fingerprint density at radius 3 is 2.63 bits per heavy atom. The first-order valence-corrected chi connectivity index (χ1v) is 10.5. The summed E-state index contributed by atoms with van der Waals surface area (Å²) in [6.45, 7) is 6.64. The molecule has 6 heteroatoms. The summed E-state index contributed by atoms with van der Waals surface area (Å²) >= 11 is 0. The molecule has 1 aromatic rings. The maximum Gasteiger partial charge on any atom is 0.287 e. The van der Waals surface area contributed by atoms with E-state index in [2.05, 4.69) is 16.4 Å². The molecule has 0 unspecified atom stereocenters. The molecule has 0 saturated heterocycles. The van der Waals surface area contributed by atoms with Crippen molar-refractivity contribution >= 4 is 11.8 Å². The van der Waals surface area contributed by atoms with Crippen LogP contribution in [0.5, 0.6) is 0 Å². The van der Waals surface area contributed by atoms with Crippen LogP contribution in [-0.2, 0) is 13.0 Å². The maximum atomic E-state index is 12.8. The predicted octanol–water partition coefficient (Wildman–Crippen LogP) is 3.32. The highest BCUT2D eigenvalue weighted by molar-refractivity contribution is 5.97. The predicted molar refractivity (Wildman–Crippen MR) is 106 cm³/mol. The summed E-state index contributed by atoms with van der Waals surface area (Å²) in [5, 5.41) is 3.02. The van der Waals surface area contributed by atoms with Crippen molar-refractivity contribution in [2.24, 2.45) is 0 Å². The fraction of sp³-hybridized carbons (Fsp3) is 0.667. The number of imidazole rings is 1. The van der Waals surface area contributed by atoms with Crippen LogP contribution in [-0.4, -0.2) is 45.9 Å². The Kier molecular flexibility index (Phi) is 6.69. The minimum absolute atomic E-state index is 0.0583. The summed E-state index contributed by atoms with van der Waals surface area (Å²) in [5.41, 5.74) is 2.85. The van der Waals surface area contributed by atoms with Crippen molar-refractivity contribution in [3.63, 3.8) is 0 Å². The number of fused-ring (bicyclic) bond motifs is 1. The Morgan fingerprint density at radius 2 is 1.93 bits per heavy atom. The van der Waals surface area contributed by atoms with Gasteiger partial charge in [-0.25, -0.2) is 4.98 Å². The first-order valence-electron chi connectivity index (χ1n) is 10.5. The molecule has 1 aliphatic carbocycles. The van der Waals surface area contributed by atoms with Crippen molar-refractivity contribution in [2.75, 3.05) is 19.6 Å². The van der Waals surface area contributed by atoms with E-state index >= 15 is 0 Å². The molecule has 148 valence electrons. The number of aromatic nitrogens is 2. The number of carbonyl (C=O) groups excluding carboxylic acids is 2. The fourth-order valence-corrected chi connectivity index (χ4v) is 4.10. The number of allylic oxidation sites excluding steroid dienone is 1. The zero-order valence-electron chi connectivity index (χ0n) is 16.7. The molecule has 1 aliphatic heterocycles. The SMILES string of the molecule is CCN(CC)C(=O)c1nc(C(=O)NCCC2=CCCCC2)n2c1CCCC2. The average Bonchev–Trinajstić information content (AvgIpc) is 3.09. The molecular weight excluding hydrogens is 340 g/mol. The molecule has 0 radical (unpaired) electrons. The van der Waals surface area contributed by atoms with Crippen LogP contribution in [0.2, 0.25) is 0 Å². The van der Waals surface area contributed by atoms with Gasteiger partial charge >= 0.3 is 0 Å². The second-order valence-electron chi connectivity index (χ2n) is 7.43. The van der Waals surface area contributed by atoms with Crippen molar-refractivity contribution in [3.8, 4) is 0 Å². The van der Waals surface area contributed by atoms with Gasteiger partial charge in [0.1, 0.15) is 5.69 Å². The third kappa shape index (κ3) is 4.42. The first-order chi connectivity index (χ1) is 13.2. The van der Waals surface area contributed by atoms with E-state index in [-0.39, 0.29) is 11.8 Å². The monoisotopic (exact) mass is 372 g/mol. The Bertz CT molecular complexity index is 716. The second-order valence-corrected chi connectivity index (χ2v) is 7.43. The van der Waals surface area contributed by atoms with Gasteiger partial charge < -0.3 is 14.8 Å². The van der Waals surface area contributed by atoms with Gasteiger partial charge in [0.05, 0.1) is 5.69 Å². The summed E-state index contributed by atoms with van der Waals surface area (Å²) in [5.74, 6) is 0.183. The van der Waals surface area contributed by atoms with Crippen LogP contribution in [0.15, 0.2) is 11.6 Å². The van der Waals surface area contributed by atoms with Gasteiger partial charge in [0, 0.05) is 26.2 Å². The molecule has 3 rings (SSSR count). The van der Waals surface area contributed by atoms with E-state index in [1.807, 2.05) is 18.4 Å². The normalized spacial score (nSPS) is 16.4. The molecule has 0 fully saturated rings. The maximum absolute atomic E-state index is 12.8. The molecule has 0 saturated carbocycles. The molecule has 0 bridgehead atoms. The molecule has 2 amide bonds. The standard InChI is InChI=1S/C21H32N4O2/c1-3-24(4-2)21(27)18-17-12-8-9-15-25(17)19(23-18)20(26)22-14-13-16-10-6-5-7-11-16/h10H,3-9,11-15H2,1-2H3,(H,22,26). The van der Waals surface area contributed by atoms with Gasteiger partial charge in [-0.2, -0.15) is 0 Å². The van der Waals surface area contributed by atoms with Crippen LogP contribution in [0.3, 0.4) is 0 Å². The zero-order valence-corrected chi connectivity index (χ0v) is 16.7. The van der Waals surface area contributed by atoms with Crippen molar-refractivity contribution in [3.05, 3.63) is 28.9 Å². The summed E-state index contributed by atoms with van der Waals surface area (Å²) < 4.78 is 1.97. The Balaban J connectivity index is 1.73. The van der Waals surface area contributed by atoms with Gasteiger partial charge in [0.25, 0.3) is 11.8 Å². The number of amides is 2. The molecule has 6 nitrogen and oxygen atoms in total. The smallest absolute Gasteiger partial charge is 0.287 e.